The summed E-state index contributed by atoms with van der Waals surface area (Å²) in [6, 6.07) is 62.5. The van der Waals surface area contributed by atoms with E-state index in [4.69, 9.17) is 9.97 Å². The first-order chi connectivity index (χ1) is 24.3. The van der Waals surface area contributed by atoms with Crippen molar-refractivity contribution in [1.29, 1.82) is 0 Å². The molecule has 0 amide bonds. The van der Waals surface area contributed by atoms with Gasteiger partial charge in [-0.2, -0.15) is 0 Å². The van der Waals surface area contributed by atoms with Gasteiger partial charge in [-0.25, -0.2) is 9.97 Å². The van der Waals surface area contributed by atoms with Gasteiger partial charge in [0.2, 0.25) is 0 Å². The Hall–Kier alpha value is -6.58. The van der Waals surface area contributed by atoms with Gasteiger partial charge in [-0.05, 0) is 51.9 Å². The van der Waals surface area contributed by atoms with Gasteiger partial charge in [-0.15, -0.1) is 0 Å². The van der Waals surface area contributed by atoms with E-state index in [1.165, 1.54) is 54.1 Å². The van der Waals surface area contributed by atoms with Crippen molar-refractivity contribution in [2.24, 2.45) is 0 Å². The average molecular weight is 624 g/mol. The lowest BCUT2D eigenvalue weighted by Gasteiger charge is -2.14. The molecule has 0 saturated carbocycles. The second-order valence-electron chi connectivity index (χ2n) is 12.6. The lowest BCUT2D eigenvalue weighted by molar-refractivity contribution is 1.17. The topological polar surface area (TPSA) is 30.7 Å². The fourth-order valence-electron chi connectivity index (χ4n) is 7.54. The molecule has 0 bridgehead atoms. The molecule has 0 atom stereocenters. The predicted octanol–water partition coefficient (Wildman–Crippen LogP) is 12.0. The second kappa shape index (κ2) is 11.0. The van der Waals surface area contributed by atoms with E-state index in [9.17, 15) is 0 Å². The Kier molecular flexibility index (Phi) is 6.18. The first kappa shape index (κ1) is 27.5. The van der Waals surface area contributed by atoms with E-state index in [2.05, 4.69) is 168 Å². The third-order valence-electron chi connectivity index (χ3n) is 9.77. The van der Waals surface area contributed by atoms with E-state index in [0.717, 1.165) is 33.8 Å². The number of fused-ring (bicyclic) bond motifs is 10. The lowest BCUT2D eigenvalue weighted by Crippen LogP contribution is -1.98. The Balaban J connectivity index is 1.24. The molecule has 0 fully saturated rings. The minimum Gasteiger partial charge on any atom is -0.308 e. The molecule has 49 heavy (non-hydrogen) atoms. The molecule has 2 heterocycles. The molecule has 0 saturated heterocycles. The van der Waals surface area contributed by atoms with Crippen LogP contribution in [0, 0.1) is 0 Å². The first-order valence-corrected chi connectivity index (χ1v) is 16.7. The first-order valence-electron chi connectivity index (χ1n) is 16.7. The molecule has 3 heteroatoms. The van der Waals surface area contributed by atoms with Gasteiger partial charge in [0.1, 0.15) is 0 Å². The van der Waals surface area contributed by atoms with Crippen molar-refractivity contribution in [1.82, 2.24) is 14.5 Å². The fraction of sp³-hybridized carbons (Fsp3) is 0. The smallest absolute Gasteiger partial charge is 0.160 e. The van der Waals surface area contributed by atoms with Gasteiger partial charge in [0.25, 0.3) is 0 Å². The molecule has 8 aromatic carbocycles. The van der Waals surface area contributed by atoms with E-state index >= 15 is 0 Å². The summed E-state index contributed by atoms with van der Waals surface area (Å²) in [5.74, 6) is 0.705. The van der Waals surface area contributed by atoms with Crippen LogP contribution < -0.4 is 0 Å². The van der Waals surface area contributed by atoms with E-state index < -0.39 is 0 Å². The lowest BCUT2D eigenvalue weighted by atomic mass is 9.96. The highest BCUT2D eigenvalue weighted by atomic mass is 15.0. The zero-order chi connectivity index (χ0) is 32.3. The summed E-state index contributed by atoms with van der Waals surface area (Å²) in [5, 5.41) is 10.0. The van der Waals surface area contributed by atoms with Gasteiger partial charge >= 0.3 is 0 Å². The highest BCUT2D eigenvalue weighted by Crippen LogP contribution is 2.44. The van der Waals surface area contributed by atoms with Crippen molar-refractivity contribution in [3.8, 4) is 39.6 Å². The summed E-state index contributed by atoms with van der Waals surface area (Å²) in [7, 11) is 0. The number of hydrogen-bond acceptors (Lipinski definition) is 2. The molecule has 0 aliphatic heterocycles. The number of aromatic nitrogens is 3. The molecular formula is C46H29N3. The summed E-state index contributed by atoms with van der Waals surface area (Å²) in [5.41, 5.74) is 8.45. The van der Waals surface area contributed by atoms with E-state index in [-0.39, 0.29) is 0 Å². The second-order valence-corrected chi connectivity index (χ2v) is 12.6. The largest absolute Gasteiger partial charge is 0.308 e. The minimum absolute atomic E-state index is 0.705. The van der Waals surface area contributed by atoms with Crippen LogP contribution in [-0.2, 0) is 0 Å². The van der Waals surface area contributed by atoms with Crippen LogP contribution in [0.25, 0.3) is 93.7 Å². The molecular weight excluding hydrogens is 595 g/mol. The third kappa shape index (κ3) is 4.37. The maximum absolute atomic E-state index is 5.09. The molecule has 10 aromatic rings. The van der Waals surface area contributed by atoms with Crippen molar-refractivity contribution in [2.75, 3.05) is 0 Å². The number of nitrogens with zero attached hydrogens (tertiary/aromatic N) is 3. The van der Waals surface area contributed by atoms with Crippen molar-refractivity contribution < 1.29 is 0 Å². The van der Waals surface area contributed by atoms with Gasteiger partial charge in [0.05, 0.1) is 22.4 Å². The Labute approximate surface area is 283 Å². The maximum atomic E-state index is 5.09. The SMILES string of the molecule is c1ccc(-c2cc(-c3ccccc3)nc(-c3ccc(-n4c5c6ccccc6ccc5c5c6ccccc6c6ccccc6c54)cc3)n2)cc1. The van der Waals surface area contributed by atoms with Crippen LogP contribution in [0.15, 0.2) is 176 Å². The van der Waals surface area contributed by atoms with Crippen LogP contribution in [0.1, 0.15) is 0 Å². The summed E-state index contributed by atoms with van der Waals surface area (Å²) in [6.45, 7) is 0. The van der Waals surface area contributed by atoms with Gasteiger partial charge in [0, 0.05) is 43.9 Å². The Morgan fingerprint density at radius 3 is 1.53 bits per heavy atom. The van der Waals surface area contributed by atoms with Crippen molar-refractivity contribution in [3.05, 3.63) is 176 Å². The van der Waals surface area contributed by atoms with Crippen LogP contribution in [0.3, 0.4) is 0 Å². The van der Waals surface area contributed by atoms with Crippen LogP contribution in [0.5, 0.6) is 0 Å². The molecule has 228 valence electrons. The van der Waals surface area contributed by atoms with Crippen LogP contribution in [-0.4, -0.2) is 14.5 Å². The van der Waals surface area contributed by atoms with Crippen molar-refractivity contribution in [2.45, 2.75) is 0 Å². The van der Waals surface area contributed by atoms with Crippen molar-refractivity contribution in [3.63, 3.8) is 0 Å². The number of hydrogen-bond donors (Lipinski definition) is 0. The van der Waals surface area contributed by atoms with E-state index in [1.807, 2.05) is 12.1 Å². The van der Waals surface area contributed by atoms with Gasteiger partial charge < -0.3 is 4.57 Å². The molecule has 0 N–H and O–H groups in total. The van der Waals surface area contributed by atoms with Crippen molar-refractivity contribution >= 4 is 54.1 Å². The summed E-state index contributed by atoms with van der Waals surface area (Å²) in [6.07, 6.45) is 0. The predicted molar refractivity (Wildman–Crippen MR) is 205 cm³/mol. The quantitative estimate of drug-likeness (QED) is 0.183. The summed E-state index contributed by atoms with van der Waals surface area (Å²) >= 11 is 0. The highest BCUT2D eigenvalue weighted by molar-refractivity contribution is 6.34. The normalized spacial score (nSPS) is 11.7. The Bertz CT molecular complexity index is 2790. The summed E-state index contributed by atoms with van der Waals surface area (Å²) < 4.78 is 2.47. The number of benzene rings is 8. The summed E-state index contributed by atoms with van der Waals surface area (Å²) in [4.78, 5) is 10.2. The van der Waals surface area contributed by atoms with Crippen LogP contribution in [0.2, 0.25) is 0 Å². The molecule has 0 aliphatic rings. The zero-order valence-corrected chi connectivity index (χ0v) is 26.6. The Morgan fingerprint density at radius 2 is 0.878 bits per heavy atom. The minimum atomic E-state index is 0.705. The number of rotatable bonds is 4. The van der Waals surface area contributed by atoms with Crippen LogP contribution >= 0.6 is 0 Å². The fourth-order valence-corrected chi connectivity index (χ4v) is 7.54. The molecule has 0 radical (unpaired) electrons. The molecule has 10 rings (SSSR count). The molecule has 3 nitrogen and oxygen atoms in total. The molecule has 0 unspecified atom stereocenters. The maximum Gasteiger partial charge on any atom is 0.160 e. The zero-order valence-electron chi connectivity index (χ0n) is 26.6. The molecule has 0 aliphatic carbocycles. The van der Waals surface area contributed by atoms with Crippen LogP contribution in [0.4, 0.5) is 0 Å². The third-order valence-corrected chi connectivity index (χ3v) is 9.77. The molecule has 0 spiro atoms. The van der Waals surface area contributed by atoms with Gasteiger partial charge in [-0.3, -0.25) is 0 Å². The van der Waals surface area contributed by atoms with E-state index in [1.54, 1.807) is 0 Å². The Morgan fingerprint density at radius 1 is 0.347 bits per heavy atom. The average Bonchev–Trinajstić information content (AvgIpc) is 3.55. The standard InChI is InChI=1S/C46H29N3/c1-3-14-31(15-4-1)41-29-42(32-16-5-2-6-17-32)48-46(47-41)33-23-26-34(27-24-33)49-44-35-18-8-7-13-30(35)25-28-40(44)43-38-21-11-9-19-36(38)37-20-10-12-22-39(37)45(43)49/h1-29H. The van der Waals surface area contributed by atoms with Gasteiger partial charge in [0.15, 0.2) is 5.82 Å². The molecule has 2 aromatic heterocycles. The monoisotopic (exact) mass is 623 g/mol. The van der Waals surface area contributed by atoms with E-state index in [0.29, 0.717) is 5.82 Å². The highest BCUT2D eigenvalue weighted by Gasteiger charge is 2.20. The van der Waals surface area contributed by atoms with Gasteiger partial charge in [-0.1, -0.05) is 146 Å².